The van der Waals surface area contributed by atoms with Crippen LogP contribution in [-0.2, 0) is 4.74 Å². The van der Waals surface area contributed by atoms with E-state index in [0.29, 0.717) is 15.6 Å². The van der Waals surface area contributed by atoms with Gasteiger partial charge in [-0.2, -0.15) is 4.73 Å². The normalized spacial score (nSPS) is 12.0. The second-order valence-electron chi connectivity index (χ2n) is 4.93. The number of H-pyrrole nitrogens is 1. The number of nitrogens with one attached hydrogen (secondary N) is 1. The molecule has 0 fully saturated rings. The van der Waals surface area contributed by atoms with Crippen molar-refractivity contribution in [2.24, 2.45) is 0 Å². The fraction of sp³-hybridized carbons (Fsp3) is 0.125. The van der Waals surface area contributed by atoms with E-state index in [9.17, 15) is 14.8 Å². The highest BCUT2D eigenvalue weighted by Crippen LogP contribution is 2.15. The molecule has 0 aliphatic rings. The number of carbonyl (C=O) groups excluding carboxylic acids is 1. The van der Waals surface area contributed by atoms with Gasteiger partial charge in [0.1, 0.15) is 0 Å². The first-order chi connectivity index (χ1) is 11.1. The van der Waals surface area contributed by atoms with Crippen LogP contribution in [0.3, 0.4) is 0 Å². The number of ether oxygens (including phenoxy) is 1. The summed E-state index contributed by atoms with van der Waals surface area (Å²) in [6.45, 7) is 1.57. The zero-order valence-electron chi connectivity index (χ0n) is 12.2. The molecule has 0 saturated heterocycles. The monoisotopic (exact) mass is 311 g/mol. The molecule has 0 aliphatic carbocycles. The number of hydrogen-bond acceptors (Lipinski definition) is 5. The molecule has 1 aromatic carbocycles. The number of para-hydroxylation sites is 1. The van der Waals surface area contributed by atoms with Crippen molar-refractivity contribution >= 4 is 16.9 Å². The van der Waals surface area contributed by atoms with Crippen molar-refractivity contribution in [1.29, 1.82) is 0 Å². The van der Waals surface area contributed by atoms with Crippen LogP contribution < -0.4 is 10.3 Å². The molecular weight excluding hydrogens is 298 g/mol. The summed E-state index contributed by atoms with van der Waals surface area (Å²) >= 11 is 0. The molecule has 2 aromatic heterocycles. The van der Waals surface area contributed by atoms with Crippen molar-refractivity contribution in [2.45, 2.75) is 13.0 Å². The average Bonchev–Trinajstić information content (AvgIpc) is 2.55. The van der Waals surface area contributed by atoms with Crippen LogP contribution in [0.5, 0.6) is 0 Å². The van der Waals surface area contributed by atoms with E-state index in [-0.39, 0.29) is 17.1 Å². The van der Waals surface area contributed by atoms with Gasteiger partial charge >= 0.3 is 11.7 Å². The molecule has 3 aromatic rings. The lowest BCUT2D eigenvalue weighted by atomic mass is 10.2. The molecule has 0 aliphatic heterocycles. The first-order valence-corrected chi connectivity index (χ1v) is 6.94. The Hall–Kier alpha value is -3.22. The summed E-state index contributed by atoms with van der Waals surface area (Å²) < 4.78 is 5.64. The summed E-state index contributed by atoms with van der Waals surface area (Å²) in [7, 11) is 0. The molecule has 0 radical (unpaired) electrons. The fourth-order valence-electron chi connectivity index (χ4n) is 2.16. The van der Waals surface area contributed by atoms with E-state index in [0.717, 1.165) is 0 Å². The summed E-state index contributed by atoms with van der Waals surface area (Å²) in [6, 6.07) is 11.3. The Kier molecular flexibility index (Phi) is 3.76. The zero-order valence-corrected chi connectivity index (χ0v) is 12.2. The standard InChI is InChI=1S/C16H13N3O4/c1-10(23-16(21)13-8-4-5-9-19(13)22)14-17-12-7-3-2-6-11(12)15(20)18-14/h2-10H,1H3,(H,17,18,20)/t10-/m1/s1. The Bertz CT molecular complexity index is 936. The molecule has 0 unspecified atom stereocenters. The number of fused-ring (bicyclic) bond motifs is 1. The second kappa shape index (κ2) is 5.88. The molecule has 1 N–H and O–H groups in total. The van der Waals surface area contributed by atoms with Gasteiger partial charge < -0.3 is 14.9 Å². The van der Waals surface area contributed by atoms with Gasteiger partial charge in [-0.25, -0.2) is 9.78 Å². The Morgan fingerprint density at radius 1 is 1.26 bits per heavy atom. The Balaban J connectivity index is 1.89. The first kappa shape index (κ1) is 14.7. The topological polar surface area (TPSA) is 99.0 Å². The average molecular weight is 311 g/mol. The van der Waals surface area contributed by atoms with E-state index in [4.69, 9.17) is 4.74 Å². The highest BCUT2D eigenvalue weighted by Gasteiger charge is 2.22. The summed E-state index contributed by atoms with van der Waals surface area (Å²) in [5, 5.41) is 12.0. The number of pyridine rings is 1. The zero-order chi connectivity index (χ0) is 16.4. The van der Waals surface area contributed by atoms with Gasteiger partial charge in [0.2, 0.25) is 0 Å². The van der Waals surface area contributed by atoms with Gasteiger partial charge in [0, 0.05) is 12.1 Å². The third-order valence-electron chi connectivity index (χ3n) is 3.33. The van der Waals surface area contributed by atoms with Crippen LogP contribution in [0.1, 0.15) is 29.3 Å². The fourth-order valence-corrected chi connectivity index (χ4v) is 2.16. The molecule has 116 valence electrons. The number of esters is 1. The molecule has 0 spiro atoms. The smallest absolute Gasteiger partial charge is 0.405 e. The number of aromatic amines is 1. The maximum atomic E-state index is 12.0. The maximum absolute atomic E-state index is 12.0. The third-order valence-corrected chi connectivity index (χ3v) is 3.33. The predicted octanol–water partition coefficient (Wildman–Crippen LogP) is 1.47. The Labute approximate surface area is 130 Å². The molecule has 0 bridgehead atoms. The lowest BCUT2D eigenvalue weighted by Crippen LogP contribution is -2.35. The second-order valence-corrected chi connectivity index (χ2v) is 4.93. The minimum absolute atomic E-state index is 0.137. The van der Waals surface area contributed by atoms with E-state index in [2.05, 4.69) is 9.97 Å². The summed E-state index contributed by atoms with van der Waals surface area (Å²) in [5.74, 6) is -0.570. The summed E-state index contributed by atoms with van der Waals surface area (Å²) in [4.78, 5) is 30.9. The van der Waals surface area contributed by atoms with Crippen LogP contribution in [0.2, 0.25) is 0 Å². The van der Waals surface area contributed by atoms with Gasteiger partial charge in [0.25, 0.3) is 5.56 Å². The number of carbonyl (C=O) groups is 1. The number of nitrogens with zero attached hydrogens (tertiary/aromatic N) is 2. The van der Waals surface area contributed by atoms with Gasteiger partial charge in [-0.15, -0.1) is 0 Å². The molecule has 0 saturated carbocycles. The lowest BCUT2D eigenvalue weighted by molar-refractivity contribution is -0.608. The summed E-state index contributed by atoms with van der Waals surface area (Å²) in [5.41, 5.74) is 0.0577. The minimum atomic E-state index is -0.806. The van der Waals surface area contributed by atoms with Gasteiger partial charge in [-0.1, -0.05) is 12.1 Å². The van der Waals surface area contributed by atoms with E-state index < -0.39 is 12.1 Å². The highest BCUT2D eigenvalue weighted by atomic mass is 16.6. The van der Waals surface area contributed by atoms with Crippen molar-refractivity contribution in [2.75, 3.05) is 0 Å². The molecule has 23 heavy (non-hydrogen) atoms. The molecule has 0 amide bonds. The van der Waals surface area contributed by atoms with Gasteiger partial charge in [-0.3, -0.25) is 4.79 Å². The van der Waals surface area contributed by atoms with E-state index in [1.54, 1.807) is 37.3 Å². The number of rotatable bonds is 3. The maximum Gasteiger partial charge on any atom is 0.405 e. The molecule has 2 heterocycles. The van der Waals surface area contributed by atoms with Crippen LogP contribution in [-0.4, -0.2) is 15.9 Å². The van der Waals surface area contributed by atoms with Crippen LogP contribution in [0.15, 0.2) is 53.5 Å². The SMILES string of the molecule is C[C@@H](OC(=O)c1cccc[n+]1[O-])c1nc2ccccc2c(=O)[nH]1. The van der Waals surface area contributed by atoms with E-state index in [1.807, 2.05) is 0 Å². The largest absolute Gasteiger partial charge is 0.618 e. The van der Waals surface area contributed by atoms with Crippen molar-refractivity contribution in [3.63, 3.8) is 0 Å². The lowest BCUT2D eigenvalue weighted by Gasteiger charge is -2.12. The van der Waals surface area contributed by atoms with Crippen LogP contribution in [0, 0.1) is 5.21 Å². The van der Waals surface area contributed by atoms with Crippen LogP contribution in [0.4, 0.5) is 0 Å². The highest BCUT2D eigenvalue weighted by molar-refractivity contribution is 5.85. The number of aromatic nitrogens is 3. The van der Waals surface area contributed by atoms with Crippen molar-refractivity contribution in [1.82, 2.24) is 9.97 Å². The van der Waals surface area contributed by atoms with E-state index >= 15 is 0 Å². The molecular formula is C16H13N3O4. The molecule has 1 atom stereocenters. The number of benzene rings is 1. The Morgan fingerprint density at radius 2 is 2.00 bits per heavy atom. The van der Waals surface area contributed by atoms with Crippen molar-refractivity contribution in [3.05, 3.63) is 75.7 Å². The van der Waals surface area contributed by atoms with E-state index in [1.165, 1.54) is 18.3 Å². The van der Waals surface area contributed by atoms with Crippen LogP contribution >= 0.6 is 0 Å². The first-order valence-electron chi connectivity index (χ1n) is 6.94. The van der Waals surface area contributed by atoms with Crippen LogP contribution in [0.25, 0.3) is 10.9 Å². The quantitative estimate of drug-likeness (QED) is 0.448. The van der Waals surface area contributed by atoms with Gasteiger partial charge in [0.15, 0.2) is 18.1 Å². The summed E-state index contributed by atoms with van der Waals surface area (Å²) in [6.07, 6.45) is 0.400. The van der Waals surface area contributed by atoms with Gasteiger partial charge in [-0.05, 0) is 25.1 Å². The number of hydrogen-bond donors (Lipinski definition) is 1. The molecule has 3 rings (SSSR count). The predicted molar refractivity (Wildman–Crippen MR) is 81.6 cm³/mol. The van der Waals surface area contributed by atoms with Gasteiger partial charge in [0.05, 0.1) is 10.9 Å². The Morgan fingerprint density at radius 3 is 2.78 bits per heavy atom. The third kappa shape index (κ3) is 2.89. The minimum Gasteiger partial charge on any atom is -0.618 e. The van der Waals surface area contributed by atoms with Crippen molar-refractivity contribution in [3.8, 4) is 0 Å². The molecule has 7 heteroatoms. The molecule has 7 nitrogen and oxygen atoms in total. The van der Waals surface area contributed by atoms with Crippen molar-refractivity contribution < 1.29 is 14.3 Å².